The molecule has 3 aromatic rings. The van der Waals surface area contributed by atoms with Crippen molar-refractivity contribution in [3.8, 4) is 11.3 Å². The van der Waals surface area contributed by atoms with Crippen molar-refractivity contribution in [2.75, 3.05) is 5.43 Å². The van der Waals surface area contributed by atoms with E-state index in [0.29, 0.717) is 16.4 Å². The Balaban J connectivity index is 1.54. The third kappa shape index (κ3) is 4.40. The van der Waals surface area contributed by atoms with Crippen LogP contribution >= 0.6 is 24.0 Å². The first-order valence-corrected chi connectivity index (χ1v) is 10.7. The molecule has 8 heteroatoms. The van der Waals surface area contributed by atoms with Crippen molar-refractivity contribution in [1.29, 1.82) is 0 Å². The van der Waals surface area contributed by atoms with Crippen molar-refractivity contribution in [3.05, 3.63) is 82.5 Å². The second-order valence-electron chi connectivity index (χ2n) is 6.73. The summed E-state index contributed by atoms with van der Waals surface area (Å²) in [7, 11) is 0. The highest BCUT2D eigenvalue weighted by atomic mass is 32.2. The van der Waals surface area contributed by atoms with Crippen LogP contribution in [0.2, 0.25) is 0 Å². The highest BCUT2D eigenvalue weighted by Gasteiger charge is 2.33. The lowest BCUT2D eigenvalue weighted by Gasteiger charge is -2.18. The van der Waals surface area contributed by atoms with E-state index in [2.05, 4.69) is 24.5 Å². The van der Waals surface area contributed by atoms with E-state index in [1.807, 2.05) is 18.2 Å². The molecule has 0 aliphatic carbocycles. The molecule has 6 nitrogen and oxygen atoms in total. The number of rotatable bonds is 6. The maximum Gasteiger partial charge on any atom is 0.337 e. The van der Waals surface area contributed by atoms with E-state index in [0.717, 1.165) is 23.7 Å². The van der Waals surface area contributed by atoms with Crippen molar-refractivity contribution in [2.45, 2.75) is 13.3 Å². The molecule has 2 N–H and O–H groups in total. The van der Waals surface area contributed by atoms with Gasteiger partial charge in [0.1, 0.15) is 11.5 Å². The summed E-state index contributed by atoms with van der Waals surface area (Å²) in [5, 5.41) is 10.5. The smallest absolute Gasteiger partial charge is 0.337 e. The van der Waals surface area contributed by atoms with Gasteiger partial charge in [-0.15, -0.1) is 0 Å². The van der Waals surface area contributed by atoms with Crippen LogP contribution in [0.3, 0.4) is 0 Å². The molecule has 1 amide bonds. The summed E-state index contributed by atoms with van der Waals surface area (Å²) in [4.78, 5) is 24.6. The van der Waals surface area contributed by atoms with Crippen LogP contribution in [0.25, 0.3) is 17.4 Å². The molecule has 1 aliphatic rings. The molecule has 0 bridgehead atoms. The van der Waals surface area contributed by atoms with Gasteiger partial charge in [-0.05, 0) is 48.5 Å². The maximum absolute atomic E-state index is 12.9. The molecular formula is C23H18N2O4S2. The molecule has 31 heavy (non-hydrogen) atoms. The first kappa shape index (κ1) is 20.9. The van der Waals surface area contributed by atoms with Crippen LogP contribution in [0, 0.1) is 0 Å². The summed E-state index contributed by atoms with van der Waals surface area (Å²) in [6.45, 7) is 2.10. The fourth-order valence-corrected chi connectivity index (χ4v) is 4.23. The van der Waals surface area contributed by atoms with Gasteiger partial charge in [-0.2, -0.15) is 0 Å². The van der Waals surface area contributed by atoms with Gasteiger partial charge >= 0.3 is 5.97 Å². The zero-order valence-electron chi connectivity index (χ0n) is 16.5. The fourth-order valence-electron chi connectivity index (χ4n) is 3.07. The van der Waals surface area contributed by atoms with Crippen molar-refractivity contribution < 1.29 is 19.1 Å². The molecule has 1 aliphatic heterocycles. The number of hydrogen-bond donors (Lipinski definition) is 2. The third-order valence-corrected chi connectivity index (χ3v) is 6.03. The van der Waals surface area contributed by atoms with Gasteiger partial charge in [0.05, 0.1) is 16.2 Å². The fraction of sp³-hybridized carbons (Fsp3) is 0.0870. The number of aromatic carboxylic acids is 1. The predicted octanol–water partition coefficient (Wildman–Crippen LogP) is 5.44. The summed E-state index contributed by atoms with van der Waals surface area (Å²) in [5.74, 6) is -0.237. The van der Waals surface area contributed by atoms with Crippen molar-refractivity contribution in [2.24, 2.45) is 0 Å². The monoisotopic (exact) mass is 450 g/mol. The van der Waals surface area contributed by atoms with E-state index in [9.17, 15) is 14.7 Å². The zero-order chi connectivity index (χ0) is 22.0. The molecule has 0 atom stereocenters. The molecule has 0 spiro atoms. The Hall–Kier alpha value is -3.36. The van der Waals surface area contributed by atoms with Gasteiger partial charge in [0, 0.05) is 11.6 Å². The van der Waals surface area contributed by atoms with Crippen LogP contribution in [0.15, 0.2) is 70.0 Å². The summed E-state index contributed by atoms with van der Waals surface area (Å²) < 4.78 is 6.17. The number of carboxylic acids is 1. The van der Waals surface area contributed by atoms with E-state index in [1.165, 1.54) is 16.6 Å². The number of aryl methyl sites for hydroxylation is 1. The van der Waals surface area contributed by atoms with Crippen LogP contribution in [0.4, 0.5) is 5.69 Å². The molecule has 0 radical (unpaired) electrons. The number of hydrazine groups is 1. The number of thioether (sulfide) groups is 1. The van der Waals surface area contributed by atoms with E-state index in [1.54, 1.807) is 30.3 Å². The molecule has 2 heterocycles. The highest BCUT2D eigenvalue weighted by molar-refractivity contribution is 8.26. The van der Waals surface area contributed by atoms with Crippen LogP contribution < -0.4 is 5.43 Å². The molecule has 1 aromatic heterocycles. The van der Waals surface area contributed by atoms with E-state index in [4.69, 9.17) is 16.6 Å². The number of thiocarbonyl (C=S) groups is 1. The topological polar surface area (TPSA) is 82.8 Å². The highest BCUT2D eigenvalue weighted by Crippen LogP contribution is 2.34. The molecule has 2 aromatic carbocycles. The minimum absolute atomic E-state index is 0.0466. The van der Waals surface area contributed by atoms with Crippen LogP contribution in [-0.2, 0) is 11.2 Å². The number of amides is 1. The number of nitrogens with zero attached hydrogens (tertiary/aromatic N) is 1. The quantitative estimate of drug-likeness (QED) is 0.382. The molecule has 0 unspecified atom stereocenters. The number of nitrogens with one attached hydrogen (secondary N) is 1. The number of carboxylic acid groups (broad SMARTS) is 1. The largest absolute Gasteiger partial charge is 0.478 e. The summed E-state index contributed by atoms with van der Waals surface area (Å²) >= 11 is 6.43. The Morgan fingerprint density at radius 3 is 2.61 bits per heavy atom. The number of carbonyl (C=O) groups is 2. The Morgan fingerprint density at radius 2 is 1.90 bits per heavy atom. The Kier molecular flexibility index (Phi) is 5.92. The number of hydrogen-bond acceptors (Lipinski definition) is 6. The lowest BCUT2D eigenvalue weighted by molar-refractivity contribution is -0.121. The standard InChI is InChI=1S/C23H18N2O4S2/c1-2-14-7-9-15(10-8-14)19-12-11-16(29-19)13-20-21(26)25(23(30)31-20)24-18-6-4-3-5-17(18)22(27)28/h3-13,24H,2H2,1H3,(H,27,28)/b20-13+. The number of anilines is 1. The Labute approximate surface area is 188 Å². The molecule has 4 rings (SSSR count). The number of carbonyl (C=O) groups excluding carboxylic acids is 1. The van der Waals surface area contributed by atoms with Gasteiger partial charge in [0.2, 0.25) is 0 Å². The summed E-state index contributed by atoms with van der Waals surface area (Å²) in [6, 6.07) is 18.1. The number of furan rings is 1. The average Bonchev–Trinajstić information content (AvgIpc) is 3.34. The van der Waals surface area contributed by atoms with E-state index in [-0.39, 0.29) is 21.5 Å². The average molecular weight is 451 g/mol. The molecule has 0 saturated carbocycles. The van der Waals surface area contributed by atoms with Gasteiger partial charge in [-0.3, -0.25) is 10.2 Å². The maximum atomic E-state index is 12.9. The summed E-state index contributed by atoms with van der Waals surface area (Å²) in [5.41, 5.74) is 5.35. The van der Waals surface area contributed by atoms with E-state index < -0.39 is 5.97 Å². The van der Waals surface area contributed by atoms with Crippen molar-refractivity contribution in [1.82, 2.24) is 5.01 Å². The normalized spacial score (nSPS) is 15.0. The van der Waals surface area contributed by atoms with Crippen LogP contribution in [0.5, 0.6) is 0 Å². The minimum atomic E-state index is -1.10. The molecule has 156 valence electrons. The Bertz CT molecular complexity index is 1200. The first-order chi connectivity index (χ1) is 15.0. The predicted molar refractivity (Wildman–Crippen MR) is 126 cm³/mol. The molecule has 1 saturated heterocycles. The van der Waals surface area contributed by atoms with Crippen molar-refractivity contribution >= 4 is 51.9 Å². The SMILES string of the molecule is CCc1ccc(-c2ccc(/C=C3/SC(=S)N(Nc4ccccc4C(=O)O)C3=O)o2)cc1. The summed E-state index contributed by atoms with van der Waals surface area (Å²) in [6.07, 6.45) is 2.60. The van der Waals surface area contributed by atoms with Crippen LogP contribution in [0.1, 0.15) is 28.6 Å². The van der Waals surface area contributed by atoms with Crippen LogP contribution in [-0.4, -0.2) is 26.3 Å². The van der Waals surface area contributed by atoms with Gasteiger partial charge < -0.3 is 9.52 Å². The zero-order valence-corrected chi connectivity index (χ0v) is 18.1. The lowest BCUT2D eigenvalue weighted by atomic mass is 10.1. The molecular weight excluding hydrogens is 432 g/mol. The second-order valence-corrected chi connectivity index (χ2v) is 8.41. The number of benzene rings is 2. The minimum Gasteiger partial charge on any atom is -0.478 e. The van der Waals surface area contributed by atoms with E-state index >= 15 is 0 Å². The van der Waals surface area contributed by atoms with Crippen molar-refractivity contribution in [3.63, 3.8) is 0 Å². The Morgan fingerprint density at radius 1 is 1.16 bits per heavy atom. The number of para-hydroxylation sites is 1. The first-order valence-electron chi connectivity index (χ1n) is 9.52. The van der Waals surface area contributed by atoms with Gasteiger partial charge in [-0.1, -0.05) is 55.1 Å². The lowest BCUT2D eigenvalue weighted by Crippen LogP contribution is -2.34. The third-order valence-electron chi connectivity index (χ3n) is 4.73. The second kappa shape index (κ2) is 8.79. The van der Waals surface area contributed by atoms with Gasteiger partial charge in [0.15, 0.2) is 4.32 Å². The molecule has 1 fully saturated rings. The van der Waals surface area contributed by atoms with Gasteiger partial charge in [0.25, 0.3) is 5.91 Å². The van der Waals surface area contributed by atoms with Gasteiger partial charge in [-0.25, -0.2) is 9.80 Å².